The van der Waals surface area contributed by atoms with Crippen LogP contribution in [0.25, 0.3) is 0 Å². The maximum Gasteiger partial charge on any atom is 0.259 e. The second-order valence-electron chi connectivity index (χ2n) is 6.65. The zero-order valence-corrected chi connectivity index (χ0v) is 15.7. The molecule has 0 bridgehead atoms. The molecular formula is C21H31N3O. The van der Waals surface area contributed by atoms with Gasteiger partial charge in [0, 0.05) is 31.4 Å². The Bertz CT molecular complexity index is 621. The van der Waals surface area contributed by atoms with Crippen LogP contribution in [-0.2, 0) is 7.05 Å². The van der Waals surface area contributed by atoms with Crippen molar-refractivity contribution in [2.45, 2.75) is 58.3 Å². The minimum absolute atomic E-state index is 0.0299. The summed E-state index contributed by atoms with van der Waals surface area (Å²) in [4.78, 5) is 14.7. The molecule has 0 atom stereocenters. The van der Waals surface area contributed by atoms with E-state index in [0.717, 1.165) is 25.2 Å². The summed E-state index contributed by atoms with van der Waals surface area (Å²) < 4.78 is 1.74. The number of rotatable bonds is 11. The molecule has 0 fully saturated rings. The maximum atomic E-state index is 12.9. The van der Waals surface area contributed by atoms with Crippen molar-refractivity contribution >= 4 is 11.7 Å². The molecule has 1 amide bonds. The molecule has 25 heavy (non-hydrogen) atoms. The molecule has 1 heterocycles. The van der Waals surface area contributed by atoms with E-state index in [1.165, 1.54) is 38.5 Å². The van der Waals surface area contributed by atoms with Crippen molar-refractivity contribution in [1.82, 2.24) is 9.78 Å². The highest BCUT2D eigenvalue weighted by molar-refractivity contribution is 6.05. The maximum absolute atomic E-state index is 12.9. The van der Waals surface area contributed by atoms with E-state index in [-0.39, 0.29) is 5.91 Å². The topological polar surface area (TPSA) is 38.1 Å². The van der Waals surface area contributed by atoms with Crippen molar-refractivity contribution in [3.05, 3.63) is 48.2 Å². The summed E-state index contributed by atoms with van der Waals surface area (Å²) in [5, 5.41) is 4.43. The van der Waals surface area contributed by atoms with Crippen molar-refractivity contribution in [2.24, 2.45) is 7.05 Å². The molecular weight excluding hydrogens is 310 g/mol. The lowest BCUT2D eigenvalue weighted by atomic mass is 10.1. The predicted molar refractivity (Wildman–Crippen MR) is 104 cm³/mol. The molecule has 0 aliphatic carbocycles. The van der Waals surface area contributed by atoms with Crippen LogP contribution in [0.15, 0.2) is 42.6 Å². The molecule has 2 rings (SSSR count). The highest BCUT2D eigenvalue weighted by Crippen LogP contribution is 2.17. The highest BCUT2D eigenvalue weighted by Gasteiger charge is 2.19. The first-order valence-electron chi connectivity index (χ1n) is 9.59. The second kappa shape index (κ2) is 10.7. The van der Waals surface area contributed by atoms with Gasteiger partial charge in [-0.2, -0.15) is 5.10 Å². The van der Waals surface area contributed by atoms with Gasteiger partial charge in [-0.05, 0) is 18.6 Å². The first kappa shape index (κ1) is 19.2. The number of aromatic nitrogens is 2. The van der Waals surface area contributed by atoms with E-state index in [9.17, 15) is 4.79 Å². The molecule has 0 aliphatic heterocycles. The number of carbonyl (C=O) groups excluding carboxylic acids is 1. The van der Waals surface area contributed by atoms with E-state index < -0.39 is 0 Å². The third kappa shape index (κ3) is 6.37. The largest absolute Gasteiger partial charge is 0.291 e. The van der Waals surface area contributed by atoms with E-state index in [0.29, 0.717) is 5.56 Å². The quantitative estimate of drug-likeness (QED) is 0.526. The summed E-state index contributed by atoms with van der Waals surface area (Å²) in [6.45, 7) is 2.97. The standard InChI is InChI=1S/C21H31N3O/c1-3-4-5-6-7-8-9-13-17-24(20-16-18-23(2)22-20)21(25)19-14-11-10-12-15-19/h10-12,14-16,18H,3-9,13,17H2,1-2H3. The molecule has 0 radical (unpaired) electrons. The van der Waals surface area contributed by atoms with Crippen LogP contribution >= 0.6 is 0 Å². The fourth-order valence-electron chi connectivity index (χ4n) is 3.01. The lowest BCUT2D eigenvalue weighted by molar-refractivity contribution is 0.0985. The Hall–Kier alpha value is -2.10. The molecule has 0 spiro atoms. The molecule has 0 N–H and O–H groups in total. The number of hydrogen-bond acceptors (Lipinski definition) is 2. The third-order valence-electron chi connectivity index (χ3n) is 4.48. The van der Waals surface area contributed by atoms with Gasteiger partial charge in [-0.1, -0.05) is 70.1 Å². The molecule has 1 aromatic carbocycles. The van der Waals surface area contributed by atoms with Crippen molar-refractivity contribution < 1.29 is 4.79 Å². The molecule has 136 valence electrons. The van der Waals surface area contributed by atoms with Crippen LogP contribution in [0.5, 0.6) is 0 Å². The van der Waals surface area contributed by atoms with Gasteiger partial charge in [0.05, 0.1) is 0 Å². The Morgan fingerprint density at radius 3 is 2.20 bits per heavy atom. The van der Waals surface area contributed by atoms with Gasteiger partial charge in [-0.25, -0.2) is 0 Å². The van der Waals surface area contributed by atoms with Gasteiger partial charge in [0.1, 0.15) is 0 Å². The zero-order chi connectivity index (χ0) is 17.9. The number of aryl methyl sites for hydroxylation is 1. The second-order valence-corrected chi connectivity index (χ2v) is 6.65. The average Bonchev–Trinajstić information content (AvgIpc) is 3.07. The highest BCUT2D eigenvalue weighted by atomic mass is 16.2. The van der Waals surface area contributed by atoms with Gasteiger partial charge in [-0.3, -0.25) is 14.4 Å². The third-order valence-corrected chi connectivity index (χ3v) is 4.48. The van der Waals surface area contributed by atoms with E-state index in [2.05, 4.69) is 12.0 Å². The lowest BCUT2D eigenvalue weighted by Crippen LogP contribution is -2.32. The van der Waals surface area contributed by atoms with Crippen LogP contribution in [0.1, 0.15) is 68.6 Å². The molecule has 4 heteroatoms. The normalized spacial score (nSPS) is 10.8. The number of anilines is 1. The van der Waals surface area contributed by atoms with Gasteiger partial charge in [0.2, 0.25) is 0 Å². The molecule has 0 saturated heterocycles. The van der Waals surface area contributed by atoms with Crippen LogP contribution in [0.3, 0.4) is 0 Å². The number of amides is 1. The zero-order valence-electron chi connectivity index (χ0n) is 15.7. The van der Waals surface area contributed by atoms with Gasteiger partial charge < -0.3 is 0 Å². The van der Waals surface area contributed by atoms with Crippen molar-refractivity contribution in [3.63, 3.8) is 0 Å². The van der Waals surface area contributed by atoms with Crippen LogP contribution in [0, 0.1) is 0 Å². The van der Waals surface area contributed by atoms with Crippen LogP contribution < -0.4 is 4.90 Å². The Kier molecular flexibility index (Phi) is 8.23. The van der Waals surface area contributed by atoms with Crippen LogP contribution in [-0.4, -0.2) is 22.2 Å². The van der Waals surface area contributed by atoms with E-state index in [1.54, 1.807) is 4.68 Å². The number of unbranched alkanes of at least 4 members (excludes halogenated alkanes) is 7. The first-order valence-corrected chi connectivity index (χ1v) is 9.59. The van der Waals surface area contributed by atoms with Gasteiger partial charge >= 0.3 is 0 Å². The number of benzene rings is 1. The minimum Gasteiger partial charge on any atom is -0.291 e. The van der Waals surface area contributed by atoms with Crippen LogP contribution in [0.2, 0.25) is 0 Å². The van der Waals surface area contributed by atoms with E-state index in [4.69, 9.17) is 0 Å². The summed E-state index contributed by atoms with van der Waals surface area (Å²) in [5.74, 6) is 0.765. The Morgan fingerprint density at radius 2 is 1.60 bits per heavy atom. The summed E-state index contributed by atoms with van der Waals surface area (Å²) in [6.07, 6.45) is 11.9. The molecule has 0 saturated carbocycles. The number of hydrogen-bond donors (Lipinski definition) is 0. The van der Waals surface area contributed by atoms with Gasteiger partial charge in [0.25, 0.3) is 5.91 Å². The summed E-state index contributed by atoms with van der Waals surface area (Å²) in [6, 6.07) is 11.4. The Morgan fingerprint density at radius 1 is 0.960 bits per heavy atom. The lowest BCUT2D eigenvalue weighted by Gasteiger charge is -2.20. The molecule has 1 aromatic heterocycles. The number of carbonyl (C=O) groups is 1. The summed E-state index contributed by atoms with van der Waals surface area (Å²) in [5.41, 5.74) is 0.715. The van der Waals surface area contributed by atoms with Gasteiger partial charge in [0.15, 0.2) is 5.82 Å². The predicted octanol–water partition coefficient (Wildman–Crippen LogP) is 5.21. The molecule has 0 aliphatic rings. The summed E-state index contributed by atoms with van der Waals surface area (Å²) in [7, 11) is 1.88. The van der Waals surface area contributed by atoms with Crippen LogP contribution in [0.4, 0.5) is 5.82 Å². The monoisotopic (exact) mass is 341 g/mol. The summed E-state index contributed by atoms with van der Waals surface area (Å²) >= 11 is 0. The van der Waals surface area contributed by atoms with Crippen molar-refractivity contribution in [3.8, 4) is 0 Å². The van der Waals surface area contributed by atoms with Crippen molar-refractivity contribution in [1.29, 1.82) is 0 Å². The number of nitrogens with zero attached hydrogens (tertiary/aromatic N) is 3. The Labute approximate surface area is 151 Å². The minimum atomic E-state index is 0.0299. The van der Waals surface area contributed by atoms with Crippen molar-refractivity contribution in [2.75, 3.05) is 11.4 Å². The SMILES string of the molecule is CCCCCCCCCCN(C(=O)c1ccccc1)c1ccn(C)n1. The first-order chi connectivity index (χ1) is 12.2. The molecule has 0 unspecified atom stereocenters. The smallest absolute Gasteiger partial charge is 0.259 e. The van der Waals surface area contributed by atoms with E-state index in [1.807, 2.05) is 54.5 Å². The average molecular weight is 341 g/mol. The fraction of sp³-hybridized carbons (Fsp3) is 0.524. The fourth-order valence-corrected chi connectivity index (χ4v) is 3.01. The molecule has 4 nitrogen and oxygen atoms in total. The van der Waals surface area contributed by atoms with Gasteiger partial charge in [-0.15, -0.1) is 0 Å². The van der Waals surface area contributed by atoms with E-state index >= 15 is 0 Å². The Balaban J connectivity index is 1.87. The molecule has 2 aromatic rings.